The van der Waals surface area contributed by atoms with Crippen LogP contribution < -0.4 is 0 Å². The smallest absolute Gasteiger partial charge is 0.410 e. The van der Waals surface area contributed by atoms with Crippen LogP contribution in [0.4, 0.5) is 4.79 Å². The van der Waals surface area contributed by atoms with Crippen LogP contribution in [0, 0.1) is 5.92 Å². The molecule has 156 valence electrons. The van der Waals surface area contributed by atoms with E-state index in [0.717, 1.165) is 29.7 Å². The van der Waals surface area contributed by atoms with Gasteiger partial charge in [-0.3, -0.25) is 9.79 Å². The number of aliphatic imine (C=N–C) groups is 1. The molecule has 0 unspecified atom stereocenters. The van der Waals surface area contributed by atoms with E-state index in [0.29, 0.717) is 32.2 Å². The molecular formula is C23H30N2O4. The summed E-state index contributed by atoms with van der Waals surface area (Å²) in [7, 11) is 0. The molecule has 29 heavy (non-hydrogen) atoms. The van der Waals surface area contributed by atoms with Gasteiger partial charge in [-0.25, -0.2) is 4.79 Å². The quantitative estimate of drug-likeness (QED) is 0.699. The van der Waals surface area contributed by atoms with Crippen LogP contribution in [-0.2, 0) is 20.9 Å². The second-order valence-corrected chi connectivity index (χ2v) is 8.61. The highest BCUT2D eigenvalue weighted by Crippen LogP contribution is 2.25. The van der Waals surface area contributed by atoms with Gasteiger partial charge >= 0.3 is 12.1 Å². The van der Waals surface area contributed by atoms with E-state index in [4.69, 9.17) is 9.47 Å². The predicted octanol–water partition coefficient (Wildman–Crippen LogP) is 4.15. The minimum atomic E-state index is -0.470. The number of carbonyl (C=O) groups is 2. The van der Waals surface area contributed by atoms with Crippen molar-refractivity contribution in [2.45, 2.75) is 52.2 Å². The summed E-state index contributed by atoms with van der Waals surface area (Å²) in [4.78, 5) is 30.7. The third-order valence-corrected chi connectivity index (χ3v) is 4.98. The van der Waals surface area contributed by atoms with Crippen LogP contribution in [0.25, 0.3) is 0 Å². The van der Waals surface area contributed by atoms with E-state index >= 15 is 0 Å². The zero-order chi connectivity index (χ0) is 20.9. The van der Waals surface area contributed by atoms with Crippen molar-refractivity contribution in [1.29, 1.82) is 0 Å². The third kappa shape index (κ3) is 6.44. The number of allylic oxidation sites excluding steroid dienone is 1. The molecule has 2 heterocycles. The van der Waals surface area contributed by atoms with Crippen molar-refractivity contribution in [3.63, 3.8) is 0 Å². The molecule has 2 aliphatic rings. The lowest BCUT2D eigenvalue weighted by atomic mass is 9.91. The maximum absolute atomic E-state index is 12.3. The number of carbonyl (C=O) groups excluding carboxylic acids is 2. The number of hydrogen-bond acceptors (Lipinski definition) is 5. The van der Waals surface area contributed by atoms with Gasteiger partial charge < -0.3 is 14.4 Å². The Balaban J connectivity index is 1.43. The van der Waals surface area contributed by atoms with Gasteiger partial charge in [-0.15, -0.1) is 0 Å². The third-order valence-electron chi connectivity index (χ3n) is 4.98. The molecule has 3 rings (SSSR count). The maximum Gasteiger partial charge on any atom is 0.410 e. The molecule has 0 aromatic heterocycles. The summed E-state index contributed by atoms with van der Waals surface area (Å²) in [6.45, 7) is 7.79. The van der Waals surface area contributed by atoms with E-state index in [2.05, 4.69) is 4.99 Å². The van der Waals surface area contributed by atoms with E-state index < -0.39 is 5.60 Å². The first-order valence-electron chi connectivity index (χ1n) is 10.2. The predicted molar refractivity (Wildman–Crippen MR) is 112 cm³/mol. The van der Waals surface area contributed by atoms with Gasteiger partial charge in [0.15, 0.2) is 0 Å². The molecule has 0 N–H and O–H groups in total. The Hall–Kier alpha value is -2.63. The number of hydrogen-bond donors (Lipinski definition) is 0. The summed E-state index contributed by atoms with van der Waals surface area (Å²) in [5, 5.41) is 0. The molecule has 1 aromatic rings. The van der Waals surface area contributed by atoms with E-state index in [1.807, 2.05) is 57.2 Å². The van der Waals surface area contributed by atoms with Crippen molar-refractivity contribution >= 4 is 17.8 Å². The second-order valence-electron chi connectivity index (χ2n) is 8.61. The highest BCUT2D eigenvalue weighted by Gasteiger charge is 2.28. The van der Waals surface area contributed by atoms with E-state index in [9.17, 15) is 9.59 Å². The van der Waals surface area contributed by atoms with Gasteiger partial charge in [0.1, 0.15) is 12.2 Å². The summed E-state index contributed by atoms with van der Waals surface area (Å²) < 4.78 is 10.8. The van der Waals surface area contributed by atoms with Gasteiger partial charge in [0.05, 0.1) is 13.0 Å². The lowest BCUT2D eigenvalue weighted by molar-refractivity contribution is -0.153. The van der Waals surface area contributed by atoms with Crippen LogP contribution in [0.15, 0.2) is 47.0 Å². The zero-order valence-corrected chi connectivity index (χ0v) is 17.5. The summed E-state index contributed by atoms with van der Waals surface area (Å²) in [6.07, 6.45) is 3.78. The number of likely N-dealkylation sites (tertiary alicyclic amines) is 1. The van der Waals surface area contributed by atoms with Gasteiger partial charge in [0, 0.05) is 24.7 Å². The lowest BCUT2D eigenvalue weighted by Crippen LogP contribution is -2.40. The molecule has 6 heteroatoms. The number of piperidine rings is 1. The van der Waals surface area contributed by atoms with Crippen LogP contribution in [0.3, 0.4) is 0 Å². The van der Waals surface area contributed by atoms with Crippen molar-refractivity contribution in [2.24, 2.45) is 10.9 Å². The Kier molecular flexibility index (Phi) is 6.72. The van der Waals surface area contributed by atoms with Gasteiger partial charge in [0.25, 0.3) is 0 Å². The summed E-state index contributed by atoms with van der Waals surface area (Å²) in [5.41, 5.74) is 2.56. The normalized spacial score (nSPS) is 17.6. The molecule has 1 fully saturated rings. The van der Waals surface area contributed by atoms with E-state index in [1.54, 1.807) is 4.90 Å². The molecule has 0 radical (unpaired) electrons. The van der Waals surface area contributed by atoms with Crippen LogP contribution in [0.5, 0.6) is 0 Å². The number of rotatable bonds is 5. The Morgan fingerprint density at radius 2 is 1.83 bits per heavy atom. The van der Waals surface area contributed by atoms with Crippen LogP contribution >= 0.6 is 0 Å². The summed E-state index contributed by atoms with van der Waals surface area (Å²) in [5.74, 6) is 0.112. The van der Waals surface area contributed by atoms with Crippen LogP contribution in [-0.4, -0.2) is 47.9 Å². The maximum atomic E-state index is 12.3. The SMILES string of the molecule is CC(C)(C)OC(=O)CC1=CC(C2CCN(C(=O)OCc3ccccc3)CC2)=NC1. The summed E-state index contributed by atoms with van der Waals surface area (Å²) >= 11 is 0. The topological polar surface area (TPSA) is 68.2 Å². The average Bonchev–Trinajstić information content (AvgIpc) is 3.14. The van der Waals surface area contributed by atoms with Gasteiger partial charge in [-0.1, -0.05) is 30.3 Å². The molecule has 0 spiro atoms. The molecule has 1 amide bonds. The van der Waals surface area contributed by atoms with Crippen LogP contribution in [0.1, 0.15) is 45.6 Å². The first-order valence-corrected chi connectivity index (χ1v) is 10.2. The fourth-order valence-electron chi connectivity index (χ4n) is 3.58. The molecule has 1 saturated heterocycles. The molecule has 1 aromatic carbocycles. The van der Waals surface area contributed by atoms with Crippen LogP contribution in [0.2, 0.25) is 0 Å². The van der Waals surface area contributed by atoms with Crippen molar-refractivity contribution in [1.82, 2.24) is 4.90 Å². The van der Waals surface area contributed by atoms with Crippen molar-refractivity contribution < 1.29 is 19.1 Å². The number of nitrogens with zero attached hydrogens (tertiary/aromatic N) is 2. The molecule has 6 nitrogen and oxygen atoms in total. The molecule has 2 aliphatic heterocycles. The first kappa shape index (κ1) is 21.1. The summed E-state index contributed by atoms with van der Waals surface area (Å²) in [6, 6.07) is 9.69. The lowest BCUT2D eigenvalue weighted by Gasteiger charge is -2.31. The van der Waals surface area contributed by atoms with Gasteiger partial charge in [-0.05, 0) is 50.8 Å². The van der Waals surface area contributed by atoms with Crippen molar-refractivity contribution in [3.8, 4) is 0 Å². The highest BCUT2D eigenvalue weighted by atomic mass is 16.6. The fraction of sp³-hybridized carbons (Fsp3) is 0.522. The molecule has 0 aliphatic carbocycles. The van der Waals surface area contributed by atoms with Crippen molar-refractivity contribution in [2.75, 3.05) is 19.6 Å². The highest BCUT2D eigenvalue weighted by molar-refractivity contribution is 6.00. The average molecular weight is 399 g/mol. The Labute approximate surface area is 172 Å². The minimum Gasteiger partial charge on any atom is -0.460 e. The number of benzene rings is 1. The molecule has 0 saturated carbocycles. The van der Waals surface area contributed by atoms with E-state index in [1.165, 1.54) is 0 Å². The largest absolute Gasteiger partial charge is 0.460 e. The number of amides is 1. The zero-order valence-electron chi connectivity index (χ0n) is 17.5. The molecular weight excluding hydrogens is 368 g/mol. The first-order chi connectivity index (χ1) is 13.8. The second kappa shape index (κ2) is 9.25. The Bertz CT molecular complexity index is 785. The minimum absolute atomic E-state index is 0.212. The Morgan fingerprint density at radius 1 is 1.14 bits per heavy atom. The van der Waals surface area contributed by atoms with E-state index in [-0.39, 0.29) is 18.5 Å². The number of esters is 1. The van der Waals surface area contributed by atoms with Gasteiger partial charge in [-0.2, -0.15) is 0 Å². The van der Waals surface area contributed by atoms with Crippen molar-refractivity contribution in [3.05, 3.63) is 47.5 Å². The van der Waals surface area contributed by atoms with Gasteiger partial charge in [0.2, 0.25) is 0 Å². The molecule has 0 atom stereocenters. The standard InChI is InChI=1S/C23H30N2O4/c1-23(2,3)29-21(26)14-18-13-20(24-15-18)19-9-11-25(12-10-19)22(27)28-16-17-7-5-4-6-8-17/h4-8,13,19H,9-12,14-16H2,1-3H3. The Morgan fingerprint density at radius 3 is 2.48 bits per heavy atom. The monoisotopic (exact) mass is 398 g/mol. The number of ether oxygens (including phenoxy) is 2. The fourth-order valence-corrected chi connectivity index (χ4v) is 3.58. The molecule has 0 bridgehead atoms.